The van der Waals surface area contributed by atoms with Crippen LogP contribution in [0.25, 0.3) is 0 Å². The Morgan fingerprint density at radius 1 is 1.60 bits per heavy atom. The number of carbonyl (C=O) groups is 2. The lowest BCUT2D eigenvalue weighted by Gasteiger charge is -2.18. The Morgan fingerprint density at radius 3 is 2.80 bits per heavy atom. The number of nitrogens with zero attached hydrogens (tertiary/aromatic N) is 2. The topological polar surface area (TPSA) is 99.1 Å². The predicted octanol–water partition coefficient (Wildman–Crippen LogP) is -0.279. The normalized spacial score (nSPS) is 22.2. The molecule has 0 radical (unpaired) electrons. The molecule has 84 valence electrons. The fourth-order valence-electron chi connectivity index (χ4n) is 1.49. The van der Waals surface area contributed by atoms with Crippen molar-refractivity contribution < 1.29 is 14.7 Å². The summed E-state index contributed by atoms with van der Waals surface area (Å²) in [5, 5.41) is 14.7. The van der Waals surface area contributed by atoms with Crippen molar-refractivity contribution in [2.75, 3.05) is 6.54 Å². The quantitative estimate of drug-likeness (QED) is 0.628. The second kappa shape index (κ2) is 4.72. The summed E-state index contributed by atoms with van der Waals surface area (Å²) in [6.45, 7) is 1.82. The number of carbonyl (C=O) groups excluding carboxylic acids is 1. The van der Waals surface area contributed by atoms with E-state index in [9.17, 15) is 14.5 Å². The maximum Gasteiger partial charge on any atom is 0.325 e. The van der Waals surface area contributed by atoms with E-state index >= 15 is 0 Å². The Labute approximate surface area is 86.4 Å². The molecule has 0 saturated carbocycles. The molecule has 7 heteroatoms. The maximum atomic E-state index is 11.5. The van der Waals surface area contributed by atoms with Crippen LogP contribution < -0.4 is 5.32 Å². The molecule has 0 aromatic carbocycles. The van der Waals surface area contributed by atoms with E-state index < -0.39 is 24.0 Å². The highest BCUT2D eigenvalue weighted by atomic mass is 16.4. The SMILES string of the molecule is C[C@H](NC(=O)[C@@H]1CCCN1N=O)C(=O)O. The molecule has 1 rings (SSSR count). The van der Waals surface area contributed by atoms with Crippen molar-refractivity contribution in [2.45, 2.75) is 31.8 Å². The van der Waals surface area contributed by atoms with E-state index in [4.69, 9.17) is 5.11 Å². The first kappa shape index (κ1) is 11.4. The van der Waals surface area contributed by atoms with E-state index in [1.165, 1.54) is 6.92 Å². The second-order valence-corrected chi connectivity index (χ2v) is 3.47. The molecule has 1 amide bonds. The van der Waals surface area contributed by atoms with E-state index in [0.717, 1.165) is 5.01 Å². The first-order valence-corrected chi connectivity index (χ1v) is 4.69. The van der Waals surface area contributed by atoms with Gasteiger partial charge in [0.25, 0.3) is 0 Å². The molecule has 1 fully saturated rings. The van der Waals surface area contributed by atoms with Gasteiger partial charge in [-0.25, -0.2) is 5.01 Å². The van der Waals surface area contributed by atoms with Gasteiger partial charge in [-0.1, -0.05) is 0 Å². The van der Waals surface area contributed by atoms with Gasteiger partial charge in [0.1, 0.15) is 12.1 Å². The number of hydrogen-bond donors (Lipinski definition) is 2. The third kappa shape index (κ3) is 2.64. The zero-order chi connectivity index (χ0) is 11.4. The van der Waals surface area contributed by atoms with Crippen LogP contribution in [0.15, 0.2) is 5.29 Å². The van der Waals surface area contributed by atoms with Gasteiger partial charge < -0.3 is 10.4 Å². The average molecular weight is 215 g/mol. The first-order chi connectivity index (χ1) is 7.06. The number of amides is 1. The summed E-state index contributed by atoms with van der Waals surface area (Å²) in [6, 6.07) is -1.57. The zero-order valence-electron chi connectivity index (χ0n) is 8.34. The Bertz CT molecular complexity index is 281. The molecule has 2 N–H and O–H groups in total. The molecule has 2 atom stereocenters. The Morgan fingerprint density at radius 2 is 2.27 bits per heavy atom. The van der Waals surface area contributed by atoms with Crippen LogP contribution in [-0.2, 0) is 9.59 Å². The third-order valence-electron chi connectivity index (χ3n) is 2.36. The Kier molecular flexibility index (Phi) is 3.59. The molecule has 7 nitrogen and oxygen atoms in total. The van der Waals surface area contributed by atoms with Gasteiger partial charge in [0.2, 0.25) is 5.91 Å². The molecule has 0 aliphatic carbocycles. The molecule has 0 unspecified atom stereocenters. The van der Waals surface area contributed by atoms with Crippen LogP contribution in [0.1, 0.15) is 19.8 Å². The van der Waals surface area contributed by atoms with E-state index in [1.54, 1.807) is 0 Å². The summed E-state index contributed by atoms with van der Waals surface area (Å²) in [5.74, 6) is -1.56. The highest BCUT2D eigenvalue weighted by molar-refractivity contribution is 5.86. The number of hydrogen-bond acceptors (Lipinski definition) is 4. The summed E-state index contributed by atoms with van der Waals surface area (Å²) in [4.78, 5) is 32.3. The molecule has 1 aliphatic heterocycles. The molecule has 1 saturated heterocycles. The molecular formula is C8H13N3O4. The lowest BCUT2D eigenvalue weighted by molar-refractivity contribution is -0.142. The van der Waals surface area contributed by atoms with Crippen LogP contribution >= 0.6 is 0 Å². The monoisotopic (exact) mass is 215 g/mol. The van der Waals surface area contributed by atoms with Crippen LogP contribution in [0.5, 0.6) is 0 Å². The van der Waals surface area contributed by atoms with Gasteiger partial charge in [-0.15, -0.1) is 4.91 Å². The minimum Gasteiger partial charge on any atom is -0.480 e. The van der Waals surface area contributed by atoms with Gasteiger partial charge in [0.05, 0.1) is 5.29 Å². The van der Waals surface area contributed by atoms with Gasteiger partial charge >= 0.3 is 5.97 Å². The van der Waals surface area contributed by atoms with Gasteiger partial charge in [-0.2, -0.15) is 0 Å². The van der Waals surface area contributed by atoms with Crippen molar-refractivity contribution in [3.8, 4) is 0 Å². The summed E-state index contributed by atoms with van der Waals surface area (Å²) in [6.07, 6.45) is 1.25. The fourth-order valence-corrected chi connectivity index (χ4v) is 1.49. The standard InChI is InChI=1S/C8H13N3O4/c1-5(8(13)14)9-7(12)6-3-2-4-11(6)10-15/h5-6H,2-4H2,1H3,(H,9,12)(H,13,14)/t5-,6-/m0/s1. The highest BCUT2D eigenvalue weighted by Gasteiger charge is 2.32. The number of carboxylic acid groups (broad SMARTS) is 1. The summed E-state index contributed by atoms with van der Waals surface area (Å²) in [5.41, 5.74) is 0. The number of nitroso groups, excluding NO2 is 1. The second-order valence-electron chi connectivity index (χ2n) is 3.47. The smallest absolute Gasteiger partial charge is 0.325 e. The first-order valence-electron chi connectivity index (χ1n) is 4.69. The van der Waals surface area contributed by atoms with Crippen LogP contribution in [0.2, 0.25) is 0 Å². The largest absolute Gasteiger partial charge is 0.480 e. The lowest BCUT2D eigenvalue weighted by Crippen LogP contribution is -2.47. The van der Waals surface area contributed by atoms with Crippen molar-refractivity contribution >= 4 is 11.9 Å². The van der Waals surface area contributed by atoms with Crippen LogP contribution in [0.4, 0.5) is 0 Å². The Balaban J connectivity index is 2.53. The molecule has 0 bridgehead atoms. The van der Waals surface area contributed by atoms with Crippen LogP contribution in [-0.4, -0.2) is 40.6 Å². The van der Waals surface area contributed by atoms with Crippen molar-refractivity contribution in [3.05, 3.63) is 4.91 Å². The Hall–Kier alpha value is -1.66. The molecular weight excluding hydrogens is 202 g/mol. The fraction of sp³-hybridized carbons (Fsp3) is 0.750. The summed E-state index contributed by atoms with van der Waals surface area (Å²) < 4.78 is 0. The van der Waals surface area contributed by atoms with E-state index in [2.05, 4.69) is 10.6 Å². The number of carboxylic acids is 1. The van der Waals surface area contributed by atoms with Gasteiger partial charge in [-0.05, 0) is 19.8 Å². The zero-order valence-corrected chi connectivity index (χ0v) is 8.34. The van der Waals surface area contributed by atoms with Gasteiger partial charge in [-0.3, -0.25) is 9.59 Å². The van der Waals surface area contributed by atoms with Crippen molar-refractivity contribution in [1.82, 2.24) is 10.3 Å². The molecule has 0 aromatic rings. The molecule has 0 spiro atoms. The number of nitrogens with one attached hydrogen (secondary N) is 1. The van der Waals surface area contributed by atoms with Gasteiger partial charge in [0, 0.05) is 6.54 Å². The average Bonchev–Trinajstić information content (AvgIpc) is 2.64. The van der Waals surface area contributed by atoms with Crippen molar-refractivity contribution in [1.29, 1.82) is 0 Å². The minimum atomic E-state index is -1.10. The van der Waals surface area contributed by atoms with Crippen LogP contribution in [0.3, 0.4) is 0 Å². The van der Waals surface area contributed by atoms with E-state index in [0.29, 0.717) is 19.4 Å². The highest BCUT2D eigenvalue weighted by Crippen LogP contribution is 2.17. The number of aliphatic carboxylic acids is 1. The van der Waals surface area contributed by atoms with Crippen LogP contribution in [0, 0.1) is 4.91 Å². The minimum absolute atomic E-state index is 0.447. The summed E-state index contributed by atoms with van der Waals surface area (Å²) in [7, 11) is 0. The van der Waals surface area contributed by atoms with Crippen molar-refractivity contribution in [3.63, 3.8) is 0 Å². The lowest BCUT2D eigenvalue weighted by atomic mass is 10.2. The molecule has 15 heavy (non-hydrogen) atoms. The van der Waals surface area contributed by atoms with E-state index in [-0.39, 0.29) is 0 Å². The summed E-state index contributed by atoms with van der Waals surface area (Å²) >= 11 is 0. The van der Waals surface area contributed by atoms with Crippen molar-refractivity contribution in [2.24, 2.45) is 5.29 Å². The van der Waals surface area contributed by atoms with Gasteiger partial charge in [0.15, 0.2) is 0 Å². The molecule has 1 aliphatic rings. The number of rotatable bonds is 4. The molecule has 1 heterocycles. The van der Waals surface area contributed by atoms with E-state index in [1.807, 2.05) is 0 Å². The predicted molar refractivity (Wildman–Crippen MR) is 50.8 cm³/mol. The maximum absolute atomic E-state index is 11.5. The molecule has 0 aromatic heterocycles. The third-order valence-corrected chi connectivity index (χ3v) is 2.36.